The van der Waals surface area contributed by atoms with Gasteiger partial charge in [-0.1, -0.05) is 66.7 Å². The molecule has 0 aliphatic carbocycles. The zero-order valence-electron chi connectivity index (χ0n) is 18.7. The first-order chi connectivity index (χ1) is 17.4. The molecule has 4 heteroatoms. The minimum absolute atomic E-state index is 0.901. The zero-order chi connectivity index (χ0) is 22.9. The fraction of sp³-hybridized carbons (Fsp3) is 0. The van der Waals surface area contributed by atoms with E-state index in [1.54, 1.807) is 0 Å². The Morgan fingerprint density at radius 3 is 2.23 bits per heavy atom. The molecule has 0 bridgehead atoms. The topological polar surface area (TPSA) is 35.9 Å². The van der Waals surface area contributed by atoms with Crippen LogP contribution in [-0.2, 0) is 0 Å². The molecule has 0 aliphatic heterocycles. The van der Waals surface area contributed by atoms with Crippen molar-refractivity contribution < 1.29 is 4.42 Å². The van der Waals surface area contributed by atoms with Gasteiger partial charge in [0, 0.05) is 27.2 Å². The van der Waals surface area contributed by atoms with Crippen LogP contribution in [0.25, 0.3) is 66.2 Å². The van der Waals surface area contributed by atoms with Crippen LogP contribution in [0.3, 0.4) is 0 Å². The Bertz CT molecular complexity index is 2060. The molecule has 5 aromatic carbocycles. The second-order valence-corrected chi connectivity index (χ2v) is 8.88. The largest absolute Gasteiger partial charge is 0.454 e. The molecule has 0 saturated heterocycles. The number of aromatic nitrogens is 3. The molecular formula is C31H19N3O. The lowest BCUT2D eigenvalue weighted by atomic mass is 10.1. The van der Waals surface area contributed by atoms with Crippen LogP contribution in [0.2, 0.25) is 0 Å². The van der Waals surface area contributed by atoms with E-state index >= 15 is 0 Å². The zero-order valence-corrected chi connectivity index (χ0v) is 18.7. The summed E-state index contributed by atoms with van der Waals surface area (Å²) < 4.78 is 11.0. The van der Waals surface area contributed by atoms with Crippen LogP contribution >= 0.6 is 0 Å². The van der Waals surface area contributed by atoms with Crippen molar-refractivity contribution in [3.05, 3.63) is 116 Å². The van der Waals surface area contributed by atoms with Gasteiger partial charge >= 0.3 is 0 Å². The van der Waals surface area contributed by atoms with Gasteiger partial charge in [0.15, 0.2) is 5.58 Å². The minimum atomic E-state index is 0.901. The summed E-state index contributed by atoms with van der Waals surface area (Å²) in [5.74, 6) is 0. The average Bonchev–Trinajstić information content (AvgIpc) is 3.61. The van der Waals surface area contributed by atoms with Crippen molar-refractivity contribution in [2.45, 2.75) is 0 Å². The van der Waals surface area contributed by atoms with Crippen molar-refractivity contribution in [3.63, 3.8) is 0 Å². The van der Waals surface area contributed by atoms with E-state index in [9.17, 15) is 0 Å². The maximum atomic E-state index is 6.50. The number of nitrogens with zero attached hydrogens (tertiary/aromatic N) is 3. The first-order valence-electron chi connectivity index (χ1n) is 11.7. The van der Waals surface area contributed by atoms with Crippen LogP contribution < -0.4 is 0 Å². The van der Waals surface area contributed by atoms with Gasteiger partial charge in [-0.05, 0) is 42.5 Å². The molecule has 35 heavy (non-hydrogen) atoms. The third kappa shape index (κ3) is 2.48. The molecule has 3 aromatic heterocycles. The summed E-state index contributed by atoms with van der Waals surface area (Å²) in [6, 6.07) is 37.9. The molecule has 4 nitrogen and oxygen atoms in total. The number of hydrogen-bond acceptors (Lipinski definition) is 2. The predicted molar refractivity (Wildman–Crippen MR) is 143 cm³/mol. The van der Waals surface area contributed by atoms with E-state index in [0.717, 1.165) is 55.4 Å². The van der Waals surface area contributed by atoms with E-state index in [2.05, 4.69) is 100 Å². The SMILES string of the molecule is c1ccc(-n2cnc3c(-n4c5ccccc5c5ccc6c7ccccc7oc6c54)cccc32)cc1. The van der Waals surface area contributed by atoms with Crippen molar-refractivity contribution in [1.29, 1.82) is 0 Å². The number of imidazole rings is 1. The normalized spacial score (nSPS) is 12.0. The van der Waals surface area contributed by atoms with Gasteiger partial charge in [0.25, 0.3) is 0 Å². The van der Waals surface area contributed by atoms with E-state index in [1.807, 2.05) is 24.5 Å². The number of fused-ring (bicyclic) bond motifs is 8. The monoisotopic (exact) mass is 449 g/mol. The molecule has 0 spiro atoms. The summed E-state index contributed by atoms with van der Waals surface area (Å²) in [4.78, 5) is 4.90. The van der Waals surface area contributed by atoms with Gasteiger partial charge in [0.2, 0.25) is 0 Å². The van der Waals surface area contributed by atoms with Crippen molar-refractivity contribution in [2.75, 3.05) is 0 Å². The van der Waals surface area contributed by atoms with E-state index in [4.69, 9.17) is 9.40 Å². The second-order valence-electron chi connectivity index (χ2n) is 8.88. The summed E-state index contributed by atoms with van der Waals surface area (Å²) in [7, 11) is 0. The molecule has 8 rings (SSSR count). The van der Waals surface area contributed by atoms with Crippen LogP contribution in [0, 0.1) is 0 Å². The third-order valence-corrected chi connectivity index (χ3v) is 7.01. The maximum absolute atomic E-state index is 6.50. The summed E-state index contributed by atoms with van der Waals surface area (Å²) in [6.07, 6.45) is 1.91. The van der Waals surface area contributed by atoms with Crippen LogP contribution in [0.5, 0.6) is 0 Å². The molecule has 3 heterocycles. The fourth-order valence-corrected chi connectivity index (χ4v) is 5.48. The molecule has 0 amide bonds. The van der Waals surface area contributed by atoms with Crippen LogP contribution in [0.1, 0.15) is 0 Å². The van der Waals surface area contributed by atoms with Gasteiger partial charge < -0.3 is 8.98 Å². The Kier molecular flexibility index (Phi) is 3.63. The number of benzene rings is 5. The predicted octanol–water partition coefficient (Wildman–Crippen LogP) is 8.02. The van der Waals surface area contributed by atoms with Gasteiger partial charge in [-0.2, -0.15) is 0 Å². The summed E-state index contributed by atoms with van der Waals surface area (Å²) in [6.45, 7) is 0. The fourth-order valence-electron chi connectivity index (χ4n) is 5.48. The quantitative estimate of drug-likeness (QED) is 0.268. The highest BCUT2D eigenvalue weighted by Crippen LogP contribution is 2.41. The van der Waals surface area contributed by atoms with Crippen LogP contribution in [-0.4, -0.2) is 14.1 Å². The van der Waals surface area contributed by atoms with Crippen molar-refractivity contribution >= 4 is 54.8 Å². The number of rotatable bonds is 2. The van der Waals surface area contributed by atoms with Gasteiger partial charge in [-0.3, -0.25) is 4.57 Å². The highest BCUT2D eigenvalue weighted by atomic mass is 16.3. The van der Waals surface area contributed by atoms with Gasteiger partial charge in [-0.15, -0.1) is 0 Å². The molecule has 164 valence electrons. The van der Waals surface area contributed by atoms with Gasteiger partial charge in [-0.25, -0.2) is 4.98 Å². The first kappa shape index (κ1) is 18.6. The Hall–Kier alpha value is -4.83. The highest BCUT2D eigenvalue weighted by molar-refractivity contribution is 6.21. The summed E-state index contributed by atoms with van der Waals surface area (Å²) >= 11 is 0. The highest BCUT2D eigenvalue weighted by Gasteiger charge is 2.20. The Morgan fingerprint density at radius 2 is 1.31 bits per heavy atom. The molecule has 8 aromatic rings. The third-order valence-electron chi connectivity index (χ3n) is 7.01. The lowest BCUT2D eigenvalue weighted by Crippen LogP contribution is -1.96. The van der Waals surface area contributed by atoms with E-state index in [-0.39, 0.29) is 0 Å². The van der Waals surface area contributed by atoms with Crippen LogP contribution in [0.4, 0.5) is 0 Å². The molecule has 0 saturated carbocycles. The molecule has 0 unspecified atom stereocenters. The number of hydrogen-bond donors (Lipinski definition) is 0. The summed E-state index contributed by atoms with van der Waals surface area (Å²) in [5.41, 5.74) is 8.16. The molecule has 0 fully saturated rings. The summed E-state index contributed by atoms with van der Waals surface area (Å²) in [5, 5.41) is 4.63. The minimum Gasteiger partial charge on any atom is -0.454 e. The Labute approximate surface area is 200 Å². The van der Waals surface area contributed by atoms with Gasteiger partial charge in [0.1, 0.15) is 17.4 Å². The maximum Gasteiger partial charge on any atom is 0.160 e. The van der Waals surface area contributed by atoms with Gasteiger partial charge in [0.05, 0.1) is 22.2 Å². The second kappa shape index (κ2) is 6.84. The van der Waals surface area contributed by atoms with E-state index in [1.165, 1.54) is 10.8 Å². The smallest absolute Gasteiger partial charge is 0.160 e. The van der Waals surface area contributed by atoms with E-state index < -0.39 is 0 Å². The lowest BCUT2D eigenvalue weighted by molar-refractivity contribution is 0.671. The molecular weight excluding hydrogens is 430 g/mol. The molecule has 0 radical (unpaired) electrons. The van der Waals surface area contributed by atoms with Crippen molar-refractivity contribution in [1.82, 2.24) is 14.1 Å². The number of furan rings is 1. The van der Waals surface area contributed by atoms with Crippen molar-refractivity contribution in [3.8, 4) is 11.4 Å². The molecule has 0 N–H and O–H groups in total. The van der Waals surface area contributed by atoms with Crippen molar-refractivity contribution in [2.24, 2.45) is 0 Å². The lowest BCUT2D eigenvalue weighted by Gasteiger charge is -2.10. The standard InChI is InChI=1S/C31H19N3O/c1-2-9-20(10-3-1)33-19-32-29-26(33)14-8-15-27(29)34-25-13-6-4-11-21(25)23-17-18-24-22-12-5-7-16-28(22)35-31(24)30(23)34/h1-19H. The van der Waals surface area contributed by atoms with Crippen LogP contribution in [0.15, 0.2) is 120 Å². The molecule has 0 atom stereocenters. The Balaban J connectivity index is 1.54. The first-order valence-corrected chi connectivity index (χ1v) is 11.7. The number of para-hydroxylation sites is 4. The molecule has 0 aliphatic rings. The average molecular weight is 450 g/mol. The Morgan fingerprint density at radius 1 is 0.571 bits per heavy atom. The van der Waals surface area contributed by atoms with E-state index in [0.29, 0.717) is 0 Å².